The molecule has 6 rings (SSSR count). The van der Waals surface area contributed by atoms with Gasteiger partial charge in [0.25, 0.3) is 5.91 Å². The van der Waals surface area contributed by atoms with Gasteiger partial charge in [0, 0.05) is 42.5 Å². The van der Waals surface area contributed by atoms with Crippen molar-refractivity contribution in [2.45, 2.75) is 38.5 Å². The number of aromatic nitrogens is 1. The van der Waals surface area contributed by atoms with Crippen LogP contribution in [0.1, 0.15) is 54.7 Å². The van der Waals surface area contributed by atoms with Gasteiger partial charge in [0.15, 0.2) is 0 Å². The van der Waals surface area contributed by atoms with Crippen LogP contribution in [0.2, 0.25) is 0 Å². The maximum atomic E-state index is 13.5. The molecule has 36 heavy (non-hydrogen) atoms. The van der Waals surface area contributed by atoms with Gasteiger partial charge in [0.05, 0.1) is 0 Å². The smallest absolute Gasteiger partial charge is 0.270 e. The summed E-state index contributed by atoms with van der Waals surface area (Å²) in [4.78, 5) is 20.9. The molecule has 4 nitrogen and oxygen atoms in total. The first kappa shape index (κ1) is 23.5. The summed E-state index contributed by atoms with van der Waals surface area (Å²) in [6.07, 6.45) is 8.08. The Morgan fingerprint density at radius 2 is 1.94 bits per heavy atom. The van der Waals surface area contributed by atoms with Gasteiger partial charge in [0.1, 0.15) is 11.5 Å². The van der Waals surface area contributed by atoms with E-state index in [1.165, 1.54) is 29.7 Å². The number of allylic oxidation sites excluding steroid dienone is 1. The molecule has 3 heterocycles. The van der Waals surface area contributed by atoms with Gasteiger partial charge >= 0.3 is 0 Å². The molecule has 2 fully saturated rings. The number of carbonyl (C=O) groups excluding carboxylic acids is 1. The van der Waals surface area contributed by atoms with Gasteiger partial charge in [-0.2, -0.15) is 0 Å². The lowest BCUT2D eigenvalue weighted by molar-refractivity contribution is 0.0600. The van der Waals surface area contributed by atoms with Crippen LogP contribution in [0.5, 0.6) is 0 Å². The first-order valence-corrected chi connectivity index (χ1v) is 13.5. The van der Waals surface area contributed by atoms with Crippen LogP contribution in [-0.2, 0) is 5.41 Å². The molecule has 2 aliphatic heterocycles. The lowest BCUT2D eigenvalue weighted by Gasteiger charge is -2.46. The van der Waals surface area contributed by atoms with Gasteiger partial charge in [-0.25, -0.2) is 4.39 Å². The lowest BCUT2D eigenvalue weighted by Crippen LogP contribution is -2.49. The summed E-state index contributed by atoms with van der Waals surface area (Å²) in [5.41, 5.74) is 4.48. The van der Waals surface area contributed by atoms with Crippen LogP contribution in [0, 0.1) is 23.6 Å². The molecule has 3 aliphatic rings. The number of nitrogens with one attached hydrogen (secondary N) is 1. The zero-order chi connectivity index (χ0) is 24.9. The third kappa shape index (κ3) is 4.07. The summed E-state index contributed by atoms with van der Waals surface area (Å²) in [5, 5.41) is 0.746. The van der Waals surface area contributed by atoms with E-state index in [-0.39, 0.29) is 17.1 Å². The molecule has 2 saturated heterocycles. The fourth-order valence-electron chi connectivity index (χ4n) is 7.06. The number of H-pyrrole nitrogens is 1. The van der Waals surface area contributed by atoms with E-state index in [2.05, 4.69) is 60.1 Å². The highest BCUT2D eigenvalue weighted by Gasteiger charge is 2.43. The highest BCUT2D eigenvalue weighted by atomic mass is 19.1. The normalized spacial score (nSPS) is 25.5. The molecule has 1 aromatic heterocycles. The molecule has 0 bridgehead atoms. The van der Waals surface area contributed by atoms with Crippen LogP contribution >= 0.6 is 0 Å². The van der Waals surface area contributed by atoms with E-state index in [0.717, 1.165) is 56.5 Å². The molecule has 1 amide bonds. The van der Waals surface area contributed by atoms with Crippen molar-refractivity contribution in [2.75, 3.05) is 32.7 Å². The number of hydrogen-bond acceptors (Lipinski definition) is 2. The van der Waals surface area contributed by atoms with Crippen molar-refractivity contribution in [3.8, 4) is 0 Å². The molecule has 5 heteroatoms. The van der Waals surface area contributed by atoms with E-state index in [1.54, 1.807) is 12.1 Å². The molecule has 3 aromatic rings. The van der Waals surface area contributed by atoms with E-state index < -0.39 is 0 Å². The Hall–Kier alpha value is -2.92. The quantitative estimate of drug-likeness (QED) is 0.485. The van der Waals surface area contributed by atoms with Gasteiger partial charge in [-0.05, 0) is 79.0 Å². The molecule has 1 spiro atoms. The Morgan fingerprint density at radius 3 is 2.75 bits per heavy atom. The SMILES string of the molecule is C[C@H](CN1CCC2(C=Cc3ccccc32)[C@H](C)C1)C1CCN(C(=O)c2cc3cc(F)ccc3[nH]2)CC1. The molecule has 1 aliphatic carbocycles. The largest absolute Gasteiger partial charge is 0.351 e. The van der Waals surface area contributed by atoms with Crippen molar-refractivity contribution in [3.05, 3.63) is 77.2 Å². The third-order valence-electron chi connectivity index (χ3n) is 9.27. The van der Waals surface area contributed by atoms with Crippen LogP contribution in [0.15, 0.2) is 54.6 Å². The van der Waals surface area contributed by atoms with Crippen molar-refractivity contribution in [1.29, 1.82) is 0 Å². The van der Waals surface area contributed by atoms with Crippen molar-refractivity contribution in [1.82, 2.24) is 14.8 Å². The van der Waals surface area contributed by atoms with E-state index in [1.807, 2.05) is 4.90 Å². The van der Waals surface area contributed by atoms with E-state index in [0.29, 0.717) is 23.4 Å². The van der Waals surface area contributed by atoms with E-state index in [4.69, 9.17) is 0 Å². The average Bonchev–Trinajstić information content (AvgIpc) is 3.48. The summed E-state index contributed by atoms with van der Waals surface area (Å²) in [5.74, 6) is 1.61. The predicted molar refractivity (Wildman–Crippen MR) is 143 cm³/mol. The molecule has 1 N–H and O–H groups in total. The standard InChI is InChI=1S/C31H36FN3O/c1-21(19-34-16-13-31(22(2)20-34)12-9-24-5-3-4-6-27(24)31)23-10-14-35(15-11-23)30(36)29-18-25-17-26(32)7-8-28(25)33-29/h3-9,12,17-18,21-23,33H,10-11,13-16,19-20H2,1-2H3/t21-,22-,31?/m1/s1. The molecule has 188 valence electrons. The van der Waals surface area contributed by atoms with Crippen molar-refractivity contribution in [2.24, 2.45) is 17.8 Å². The highest BCUT2D eigenvalue weighted by molar-refractivity contribution is 5.98. The number of aromatic amines is 1. The summed E-state index contributed by atoms with van der Waals surface area (Å²) in [6.45, 7) is 9.82. The van der Waals surface area contributed by atoms with Crippen LogP contribution in [0.3, 0.4) is 0 Å². The number of carbonyl (C=O) groups is 1. The Bertz CT molecular complexity index is 1300. The predicted octanol–water partition coefficient (Wildman–Crippen LogP) is 6.10. The van der Waals surface area contributed by atoms with Gasteiger partial charge in [-0.1, -0.05) is 50.3 Å². The number of benzene rings is 2. The van der Waals surface area contributed by atoms with Crippen molar-refractivity contribution < 1.29 is 9.18 Å². The Kier molecular flexibility index (Phi) is 5.99. The third-order valence-corrected chi connectivity index (χ3v) is 9.27. The minimum Gasteiger partial charge on any atom is -0.351 e. The number of likely N-dealkylation sites (tertiary alicyclic amines) is 2. The number of nitrogens with zero attached hydrogens (tertiary/aromatic N) is 2. The number of piperidine rings is 2. The maximum Gasteiger partial charge on any atom is 0.270 e. The summed E-state index contributed by atoms with van der Waals surface area (Å²) < 4.78 is 13.5. The maximum absolute atomic E-state index is 13.5. The summed E-state index contributed by atoms with van der Waals surface area (Å²) >= 11 is 0. The first-order chi connectivity index (χ1) is 17.4. The number of amides is 1. The second-order valence-corrected chi connectivity index (χ2v) is 11.4. The van der Waals surface area contributed by atoms with E-state index in [9.17, 15) is 9.18 Å². The molecule has 2 aromatic carbocycles. The second kappa shape index (κ2) is 9.19. The van der Waals surface area contributed by atoms with Gasteiger partial charge < -0.3 is 14.8 Å². The summed E-state index contributed by atoms with van der Waals surface area (Å²) in [7, 11) is 0. The first-order valence-electron chi connectivity index (χ1n) is 13.5. The average molecular weight is 486 g/mol. The molecular formula is C31H36FN3O. The number of hydrogen-bond donors (Lipinski definition) is 1. The fourth-order valence-corrected chi connectivity index (χ4v) is 7.06. The van der Waals surface area contributed by atoms with Crippen molar-refractivity contribution >= 4 is 22.9 Å². The number of rotatable bonds is 4. The van der Waals surface area contributed by atoms with Crippen LogP contribution in [0.25, 0.3) is 17.0 Å². The van der Waals surface area contributed by atoms with Crippen LogP contribution in [-0.4, -0.2) is 53.4 Å². The Balaban J connectivity index is 1.03. The second-order valence-electron chi connectivity index (χ2n) is 11.4. The van der Waals surface area contributed by atoms with Crippen molar-refractivity contribution in [3.63, 3.8) is 0 Å². The minimum absolute atomic E-state index is 0.0257. The minimum atomic E-state index is -0.280. The molecular weight excluding hydrogens is 449 g/mol. The summed E-state index contributed by atoms with van der Waals surface area (Å²) in [6, 6.07) is 15.3. The van der Waals surface area contributed by atoms with Gasteiger partial charge in [-0.3, -0.25) is 4.79 Å². The zero-order valence-corrected chi connectivity index (χ0v) is 21.3. The van der Waals surface area contributed by atoms with Gasteiger partial charge in [-0.15, -0.1) is 0 Å². The zero-order valence-electron chi connectivity index (χ0n) is 21.3. The molecule has 3 atom stereocenters. The van der Waals surface area contributed by atoms with Crippen LogP contribution in [0.4, 0.5) is 4.39 Å². The fraction of sp³-hybridized carbons (Fsp3) is 0.452. The lowest BCUT2D eigenvalue weighted by atomic mass is 9.68. The molecule has 1 unspecified atom stereocenters. The Morgan fingerprint density at radius 1 is 1.14 bits per heavy atom. The molecule has 0 saturated carbocycles. The van der Waals surface area contributed by atoms with Crippen LogP contribution < -0.4 is 0 Å². The van der Waals surface area contributed by atoms with E-state index >= 15 is 0 Å². The number of fused-ring (bicyclic) bond motifs is 3. The Labute approximate surface area is 213 Å². The molecule has 0 radical (unpaired) electrons. The van der Waals surface area contributed by atoms with Gasteiger partial charge in [0.2, 0.25) is 0 Å². The topological polar surface area (TPSA) is 39.3 Å². The highest BCUT2D eigenvalue weighted by Crippen LogP contribution is 2.47. The monoisotopic (exact) mass is 485 g/mol. The number of halogens is 1.